The maximum absolute atomic E-state index is 13.4. The number of amides is 2. The summed E-state index contributed by atoms with van der Waals surface area (Å²) in [6.45, 7) is 4.30. The van der Waals surface area contributed by atoms with E-state index in [0.717, 1.165) is 45.7 Å². The molecule has 3 aromatic carbocycles. The van der Waals surface area contributed by atoms with Crippen molar-refractivity contribution in [3.05, 3.63) is 113 Å². The first-order chi connectivity index (χ1) is 21.6. The molecule has 0 fully saturated rings. The summed E-state index contributed by atoms with van der Waals surface area (Å²) in [6.07, 6.45) is 8.57. The highest BCUT2D eigenvalue weighted by atomic mass is 19.2. The second-order valence-corrected chi connectivity index (χ2v) is 10.8. The van der Waals surface area contributed by atoms with Crippen LogP contribution in [0.2, 0.25) is 0 Å². The molecule has 0 radical (unpaired) electrons. The monoisotopic (exact) mass is 611 g/mol. The first-order valence-electron chi connectivity index (χ1n) is 14.2. The van der Waals surface area contributed by atoms with Crippen LogP contribution >= 0.6 is 0 Å². The maximum atomic E-state index is 13.4. The van der Waals surface area contributed by atoms with Gasteiger partial charge >= 0.3 is 0 Å². The van der Waals surface area contributed by atoms with Crippen LogP contribution in [0.4, 0.5) is 20.4 Å². The van der Waals surface area contributed by atoms with Crippen LogP contribution in [-0.2, 0) is 22.7 Å². The van der Waals surface area contributed by atoms with Crippen LogP contribution in [0.3, 0.4) is 0 Å². The number of aliphatic imine (C=N–C) groups is 1. The summed E-state index contributed by atoms with van der Waals surface area (Å²) in [7, 11) is 4.07. The van der Waals surface area contributed by atoms with Gasteiger partial charge < -0.3 is 20.4 Å². The first kappa shape index (κ1) is 32.6. The van der Waals surface area contributed by atoms with Crippen molar-refractivity contribution in [2.24, 2.45) is 4.99 Å². The molecule has 4 rings (SSSR count). The number of carbonyl (C=O) groups excluding carboxylic acids is 2. The van der Waals surface area contributed by atoms with Gasteiger partial charge in [-0.1, -0.05) is 36.4 Å². The van der Waals surface area contributed by atoms with E-state index in [1.165, 1.54) is 24.2 Å². The lowest BCUT2D eigenvalue weighted by molar-refractivity contribution is -0.117. The number of hydrogen-bond acceptors (Lipinski definition) is 7. The Morgan fingerprint density at radius 3 is 2.47 bits per heavy atom. The fraction of sp³-hybridized carbons (Fsp3) is 0.206. The molecule has 1 aromatic heterocycles. The second-order valence-electron chi connectivity index (χ2n) is 10.8. The Morgan fingerprint density at radius 1 is 1.00 bits per heavy atom. The molecule has 0 aliphatic rings. The summed E-state index contributed by atoms with van der Waals surface area (Å²) in [5.41, 5.74) is 4.57. The Labute approximate surface area is 261 Å². The number of benzene rings is 3. The number of halogens is 2. The molecule has 2 N–H and O–H groups in total. The van der Waals surface area contributed by atoms with Crippen molar-refractivity contribution in [2.45, 2.75) is 33.0 Å². The number of aromatic nitrogens is 2. The minimum Gasteiger partial charge on any atom is -0.346 e. The third kappa shape index (κ3) is 9.87. The fourth-order valence-electron chi connectivity index (χ4n) is 4.27. The second kappa shape index (κ2) is 15.4. The summed E-state index contributed by atoms with van der Waals surface area (Å²) in [5.74, 6) is -1.79. The van der Waals surface area contributed by atoms with Gasteiger partial charge in [-0.25, -0.2) is 23.7 Å². The minimum atomic E-state index is -0.999. The summed E-state index contributed by atoms with van der Waals surface area (Å²) in [5, 5.41) is 7.00. The van der Waals surface area contributed by atoms with Crippen LogP contribution in [0.15, 0.2) is 89.7 Å². The average Bonchev–Trinajstić information content (AvgIpc) is 3.01. The van der Waals surface area contributed by atoms with Gasteiger partial charge in [-0.05, 0) is 81.0 Å². The highest BCUT2D eigenvalue weighted by Gasteiger charge is 2.08. The summed E-state index contributed by atoms with van der Waals surface area (Å²) >= 11 is 0. The van der Waals surface area contributed by atoms with Crippen molar-refractivity contribution in [3.63, 3.8) is 0 Å². The van der Waals surface area contributed by atoms with Crippen LogP contribution in [0.5, 0.6) is 0 Å². The largest absolute Gasteiger partial charge is 0.346 e. The van der Waals surface area contributed by atoms with Crippen LogP contribution in [0, 0.1) is 11.6 Å². The van der Waals surface area contributed by atoms with Gasteiger partial charge in [0, 0.05) is 41.6 Å². The van der Waals surface area contributed by atoms with Crippen LogP contribution < -0.4 is 10.6 Å². The standard InChI is InChI=1S/C34H35F2N7O2/c1-23(17-37-21-43(22-44)20-27-9-13-30(35)31(36)16-27)33(45)39-24(2)5-6-25-10-14-32-28(15-25)18-38-34(41-32)40-29-11-7-26(8-12-29)19-42(3)4/h5-18,21-22,24H,19-20H2,1-4H3,(H,39,45)(H,38,40,41)/b6-5+,23-17+,37-21?. The lowest BCUT2D eigenvalue weighted by atomic mass is 10.1. The third-order valence-electron chi connectivity index (χ3n) is 6.57. The lowest BCUT2D eigenvalue weighted by Gasteiger charge is -2.11. The van der Waals surface area contributed by atoms with Gasteiger partial charge in [0.15, 0.2) is 11.6 Å². The Bertz CT molecular complexity index is 1740. The third-order valence-corrected chi connectivity index (χ3v) is 6.57. The highest BCUT2D eigenvalue weighted by Crippen LogP contribution is 2.19. The van der Waals surface area contributed by atoms with Crippen LogP contribution in [0.1, 0.15) is 30.5 Å². The number of hydrogen-bond donors (Lipinski definition) is 2. The molecule has 0 aliphatic carbocycles. The fourth-order valence-corrected chi connectivity index (χ4v) is 4.27. The SMILES string of the molecule is C/C(=C\N=CN(C=O)Cc1ccc(F)c(F)c1)C(=O)NC(C)/C=C/c1ccc2nc(Nc3ccc(CN(C)C)cc3)ncc2c1. The molecule has 0 bridgehead atoms. The van der Waals surface area contributed by atoms with E-state index in [-0.39, 0.29) is 18.5 Å². The smallest absolute Gasteiger partial charge is 0.248 e. The predicted molar refractivity (Wildman–Crippen MR) is 174 cm³/mol. The Kier molecular flexibility index (Phi) is 11.2. The molecule has 9 nitrogen and oxygen atoms in total. The molecule has 11 heteroatoms. The van der Waals surface area contributed by atoms with Gasteiger partial charge in [0.1, 0.15) is 0 Å². The summed E-state index contributed by atoms with van der Waals surface area (Å²) < 4.78 is 26.5. The van der Waals surface area contributed by atoms with E-state index in [1.54, 1.807) is 13.1 Å². The molecule has 4 aromatic rings. The molecule has 0 aliphatic heterocycles. The van der Waals surface area contributed by atoms with Crippen LogP contribution in [-0.4, -0.2) is 58.6 Å². The van der Waals surface area contributed by atoms with E-state index in [4.69, 9.17) is 0 Å². The highest BCUT2D eigenvalue weighted by molar-refractivity contribution is 5.93. The molecule has 0 saturated carbocycles. The molecule has 0 spiro atoms. The molecule has 232 valence electrons. The number of nitrogens with one attached hydrogen (secondary N) is 2. The van der Waals surface area contributed by atoms with Crippen molar-refractivity contribution < 1.29 is 18.4 Å². The van der Waals surface area contributed by atoms with Crippen molar-refractivity contribution in [1.82, 2.24) is 25.1 Å². The van der Waals surface area contributed by atoms with E-state index in [1.807, 2.05) is 63.5 Å². The molecular formula is C34H35F2N7O2. The number of fused-ring (bicyclic) bond motifs is 1. The molecule has 1 heterocycles. The Hall–Kier alpha value is -5.29. The van der Waals surface area contributed by atoms with E-state index in [9.17, 15) is 18.4 Å². The van der Waals surface area contributed by atoms with Gasteiger partial charge in [0.05, 0.1) is 18.4 Å². The number of carbonyl (C=O) groups is 2. The lowest BCUT2D eigenvalue weighted by Crippen LogP contribution is -2.31. The average molecular weight is 612 g/mol. The van der Waals surface area contributed by atoms with Crippen molar-refractivity contribution >= 4 is 47.3 Å². The molecule has 1 atom stereocenters. The van der Waals surface area contributed by atoms with E-state index in [2.05, 4.69) is 42.6 Å². The van der Waals surface area contributed by atoms with Crippen molar-refractivity contribution in [3.8, 4) is 0 Å². The first-order valence-corrected chi connectivity index (χ1v) is 14.2. The summed E-state index contributed by atoms with van der Waals surface area (Å²) in [4.78, 5) is 40.3. The Morgan fingerprint density at radius 2 is 1.76 bits per heavy atom. The van der Waals surface area contributed by atoms with E-state index in [0.29, 0.717) is 23.5 Å². The maximum Gasteiger partial charge on any atom is 0.248 e. The zero-order chi connectivity index (χ0) is 32.3. The molecular weight excluding hydrogens is 576 g/mol. The zero-order valence-corrected chi connectivity index (χ0v) is 25.5. The topological polar surface area (TPSA) is 103 Å². The normalized spacial score (nSPS) is 12.6. The van der Waals surface area contributed by atoms with Gasteiger partial charge in [-0.3, -0.25) is 9.59 Å². The molecule has 0 saturated heterocycles. The van der Waals surface area contributed by atoms with Gasteiger partial charge in [-0.15, -0.1) is 0 Å². The molecule has 45 heavy (non-hydrogen) atoms. The van der Waals surface area contributed by atoms with E-state index < -0.39 is 11.6 Å². The zero-order valence-electron chi connectivity index (χ0n) is 25.5. The predicted octanol–water partition coefficient (Wildman–Crippen LogP) is 5.82. The van der Waals surface area contributed by atoms with E-state index >= 15 is 0 Å². The van der Waals surface area contributed by atoms with Gasteiger partial charge in [0.25, 0.3) is 0 Å². The quantitative estimate of drug-likeness (QED) is 0.0855. The van der Waals surface area contributed by atoms with Gasteiger partial charge in [0.2, 0.25) is 18.3 Å². The van der Waals surface area contributed by atoms with Crippen molar-refractivity contribution in [2.75, 3.05) is 19.4 Å². The van der Waals surface area contributed by atoms with Gasteiger partial charge in [-0.2, -0.15) is 0 Å². The number of rotatable bonds is 13. The number of nitrogens with zero attached hydrogens (tertiary/aromatic N) is 5. The van der Waals surface area contributed by atoms with Crippen molar-refractivity contribution in [1.29, 1.82) is 0 Å². The van der Waals surface area contributed by atoms with Crippen LogP contribution in [0.25, 0.3) is 17.0 Å². The minimum absolute atomic E-state index is 0.00401. The molecule has 2 amide bonds. The Balaban J connectivity index is 1.30. The summed E-state index contributed by atoms with van der Waals surface area (Å²) in [6, 6.07) is 17.1. The molecule has 1 unspecified atom stereocenters. The number of anilines is 2.